The number of carbonyl (C=O) groups is 1. The normalized spacial score (nSPS) is 10.6. The molecule has 5 aromatic rings. The van der Waals surface area contributed by atoms with Gasteiger partial charge in [-0.3, -0.25) is 9.78 Å². The van der Waals surface area contributed by atoms with Crippen LogP contribution in [0.3, 0.4) is 0 Å². The van der Waals surface area contributed by atoms with E-state index in [1.165, 1.54) is 0 Å². The number of nitrogens with zero attached hydrogens (tertiary/aromatic N) is 6. The van der Waals surface area contributed by atoms with Gasteiger partial charge in [-0.15, -0.1) is 10.2 Å². The molecule has 0 aliphatic carbocycles. The Morgan fingerprint density at radius 1 is 0.906 bits per heavy atom. The van der Waals surface area contributed by atoms with E-state index < -0.39 is 0 Å². The molecule has 0 radical (unpaired) electrons. The third-order valence-electron chi connectivity index (χ3n) is 4.90. The molecule has 3 heterocycles. The molecule has 5 rings (SSSR count). The largest absolute Gasteiger partial charge is 0.322 e. The van der Waals surface area contributed by atoms with Crippen LogP contribution < -0.4 is 5.32 Å². The Morgan fingerprint density at radius 3 is 2.44 bits per heavy atom. The molecule has 1 amide bonds. The molecule has 0 atom stereocenters. The lowest BCUT2D eigenvalue weighted by atomic mass is 10.1. The molecule has 0 saturated heterocycles. The summed E-state index contributed by atoms with van der Waals surface area (Å²) in [5.41, 5.74) is 4.74. The monoisotopic (exact) mass is 417 g/mol. The minimum absolute atomic E-state index is 0.243. The number of hydrogen-bond donors (Lipinski definition) is 1. The Morgan fingerprint density at radius 2 is 1.72 bits per heavy atom. The fourth-order valence-electron chi connectivity index (χ4n) is 3.24. The van der Waals surface area contributed by atoms with Crippen molar-refractivity contribution >= 4 is 17.2 Å². The van der Waals surface area contributed by atoms with Gasteiger partial charge in [0, 0.05) is 34.8 Å². The van der Waals surface area contributed by atoms with E-state index in [1.807, 2.05) is 54.6 Å². The molecule has 8 heteroatoms. The van der Waals surface area contributed by atoms with Crippen molar-refractivity contribution in [1.29, 1.82) is 5.26 Å². The van der Waals surface area contributed by atoms with Gasteiger partial charge in [-0.05, 0) is 60.7 Å². The van der Waals surface area contributed by atoms with Gasteiger partial charge in [0.15, 0.2) is 11.5 Å². The van der Waals surface area contributed by atoms with Crippen molar-refractivity contribution in [3.8, 4) is 28.7 Å². The number of nitrogens with one attached hydrogen (secondary N) is 1. The summed E-state index contributed by atoms with van der Waals surface area (Å²) in [5, 5.41) is 24.8. The van der Waals surface area contributed by atoms with Crippen molar-refractivity contribution in [2.24, 2.45) is 0 Å². The number of benzene rings is 2. The first kappa shape index (κ1) is 19.1. The third kappa shape index (κ3) is 3.66. The first-order valence-corrected chi connectivity index (χ1v) is 9.76. The summed E-state index contributed by atoms with van der Waals surface area (Å²) in [4.78, 5) is 16.6. The highest BCUT2D eigenvalue weighted by atomic mass is 16.1. The topological polar surface area (TPSA) is 109 Å². The van der Waals surface area contributed by atoms with Crippen LogP contribution in [0.1, 0.15) is 15.9 Å². The molecule has 3 aromatic heterocycles. The second-order valence-electron chi connectivity index (χ2n) is 6.97. The van der Waals surface area contributed by atoms with E-state index in [4.69, 9.17) is 5.26 Å². The molecule has 0 aliphatic rings. The van der Waals surface area contributed by atoms with Crippen LogP contribution in [0.4, 0.5) is 5.69 Å². The highest BCUT2D eigenvalue weighted by Crippen LogP contribution is 2.22. The smallest absolute Gasteiger partial charge is 0.255 e. The fourth-order valence-corrected chi connectivity index (χ4v) is 3.24. The van der Waals surface area contributed by atoms with E-state index in [0.717, 1.165) is 16.8 Å². The molecule has 2 aromatic carbocycles. The molecule has 0 bridgehead atoms. The zero-order chi connectivity index (χ0) is 21.9. The lowest BCUT2D eigenvalue weighted by Gasteiger charge is -2.07. The molecule has 152 valence electrons. The number of fused-ring (bicyclic) bond motifs is 1. The molecule has 0 unspecified atom stereocenters. The van der Waals surface area contributed by atoms with Gasteiger partial charge in [-0.25, -0.2) is 0 Å². The van der Waals surface area contributed by atoms with Crippen LogP contribution in [0, 0.1) is 11.3 Å². The van der Waals surface area contributed by atoms with E-state index in [9.17, 15) is 4.79 Å². The quantitative estimate of drug-likeness (QED) is 0.474. The van der Waals surface area contributed by atoms with Crippen molar-refractivity contribution in [1.82, 2.24) is 24.8 Å². The minimum atomic E-state index is -0.243. The molecular formula is C24H15N7O. The second kappa shape index (κ2) is 8.08. The summed E-state index contributed by atoms with van der Waals surface area (Å²) in [6.07, 6.45) is 3.42. The predicted molar refractivity (Wildman–Crippen MR) is 119 cm³/mol. The van der Waals surface area contributed by atoms with E-state index in [0.29, 0.717) is 28.3 Å². The van der Waals surface area contributed by atoms with E-state index in [1.54, 1.807) is 41.2 Å². The summed E-state index contributed by atoms with van der Waals surface area (Å²) in [5.74, 6) is 0.369. The van der Waals surface area contributed by atoms with Crippen molar-refractivity contribution in [2.45, 2.75) is 0 Å². The number of carbonyl (C=O) groups excluding carboxylic acids is 1. The van der Waals surface area contributed by atoms with Gasteiger partial charge in [0.1, 0.15) is 0 Å². The van der Waals surface area contributed by atoms with E-state index in [-0.39, 0.29) is 5.91 Å². The van der Waals surface area contributed by atoms with Crippen LogP contribution in [0.2, 0.25) is 0 Å². The van der Waals surface area contributed by atoms with Gasteiger partial charge >= 0.3 is 0 Å². The SMILES string of the molecule is N#Cc1ccc(C(=O)Nc2ccc(-c3ccc4nnc(-c5cccnc5)n4n3)cc2)cc1. The summed E-state index contributed by atoms with van der Waals surface area (Å²) in [6, 6.07) is 23.4. The fraction of sp³-hybridized carbons (Fsp3) is 0. The molecule has 0 spiro atoms. The summed E-state index contributed by atoms with van der Waals surface area (Å²) in [7, 11) is 0. The van der Waals surface area contributed by atoms with Crippen molar-refractivity contribution < 1.29 is 4.79 Å². The summed E-state index contributed by atoms with van der Waals surface area (Å²) < 4.78 is 1.69. The average Bonchev–Trinajstić information content (AvgIpc) is 3.28. The van der Waals surface area contributed by atoms with Gasteiger partial charge in [0.2, 0.25) is 0 Å². The zero-order valence-corrected chi connectivity index (χ0v) is 16.7. The Hall–Kier alpha value is -4.90. The number of aromatic nitrogens is 5. The van der Waals surface area contributed by atoms with Crippen LogP contribution in [0.15, 0.2) is 85.2 Å². The molecule has 0 fully saturated rings. The van der Waals surface area contributed by atoms with Crippen LogP contribution in [-0.4, -0.2) is 30.7 Å². The molecule has 0 saturated carbocycles. The average molecular weight is 417 g/mol. The number of anilines is 1. The number of pyridine rings is 1. The van der Waals surface area contributed by atoms with Gasteiger partial charge in [0.05, 0.1) is 17.3 Å². The van der Waals surface area contributed by atoms with E-state index >= 15 is 0 Å². The molecule has 1 N–H and O–H groups in total. The van der Waals surface area contributed by atoms with Gasteiger partial charge in [-0.2, -0.15) is 14.9 Å². The Kier molecular flexibility index (Phi) is 4.82. The standard InChI is InChI=1S/C24H15N7O/c25-14-16-3-5-18(6-4-16)24(32)27-20-9-7-17(8-10-20)21-11-12-22-28-29-23(31(22)30-21)19-2-1-13-26-15-19/h1-13,15H,(H,27,32). The van der Waals surface area contributed by atoms with Gasteiger partial charge in [0.25, 0.3) is 5.91 Å². The zero-order valence-electron chi connectivity index (χ0n) is 16.7. The maximum atomic E-state index is 12.4. The molecular weight excluding hydrogens is 402 g/mol. The number of hydrogen-bond acceptors (Lipinski definition) is 6. The highest BCUT2D eigenvalue weighted by molar-refractivity contribution is 6.04. The number of rotatable bonds is 4. The minimum Gasteiger partial charge on any atom is -0.322 e. The maximum Gasteiger partial charge on any atom is 0.255 e. The van der Waals surface area contributed by atoms with Crippen LogP contribution in [0.25, 0.3) is 28.3 Å². The number of nitriles is 1. The van der Waals surface area contributed by atoms with Crippen molar-refractivity contribution in [3.05, 3.63) is 96.3 Å². The maximum absolute atomic E-state index is 12.4. The number of amides is 1. The van der Waals surface area contributed by atoms with Gasteiger partial charge in [-0.1, -0.05) is 12.1 Å². The lowest BCUT2D eigenvalue weighted by molar-refractivity contribution is 0.102. The molecule has 8 nitrogen and oxygen atoms in total. The van der Waals surface area contributed by atoms with Gasteiger partial charge < -0.3 is 5.32 Å². The highest BCUT2D eigenvalue weighted by Gasteiger charge is 2.11. The summed E-state index contributed by atoms with van der Waals surface area (Å²) >= 11 is 0. The van der Waals surface area contributed by atoms with Crippen LogP contribution in [0.5, 0.6) is 0 Å². The first-order valence-electron chi connectivity index (χ1n) is 9.76. The Bertz CT molecular complexity index is 1450. The molecule has 32 heavy (non-hydrogen) atoms. The second-order valence-corrected chi connectivity index (χ2v) is 6.97. The van der Waals surface area contributed by atoms with Crippen molar-refractivity contribution in [2.75, 3.05) is 5.32 Å². The third-order valence-corrected chi connectivity index (χ3v) is 4.90. The van der Waals surface area contributed by atoms with Crippen molar-refractivity contribution in [3.63, 3.8) is 0 Å². The molecule has 0 aliphatic heterocycles. The van der Waals surface area contributed by atoms with Crippen LogP contribution in [-0.2, 0) is 0 Å². The van der Waals surface area contributed by atoms with E-state index in [2.05, 4.69) is 25.6 Å². The summed E-state index contributed by atoms with van der Waals surface area (Å²) in [6.45, 7) is 0. The lowest BCUT2D eigenvalue weighted by Crippen LogP contribution is -2.11. The Labute approximate surface area is 182 Å². The Balaban J connectivity index is 1.39. The predicted octanol–water partition coefficient (Wildman–Crippen LogP) is 3.98. The first-order chi connectivity index (χ1) is 15.7. The van der Waals surface area contributed by atoms with Crippen LogP contribution >= 0.6 is 0 Å².